The van der Waals surface area contributed by atoms with Crippen LogP contribution >= 0.6 is 11.6 Å². The molecule has 1 aromatic carbocycles. The van der Waals surface area contributed by atoms with Gasteiger partial charge in [-0.2, -0.15) is 0 Å². The van der Waals surface area contributed by atoms with Crippen LogP contribution in [0.5, 0.6) is 5.75 Å². The van der Waals surface area contributed by atoms with Crippen molar-refractivity contribution >= 4 is 28.5 Å². The number of pyridine rings is 2. The second-order valence-electron chi connectivity index (χ2n) is 8.84. The van der Waals surface area contributed by atoms with Gasteiger partial charge in [-0.3, -0.25) is 14.7 Å². The SMILES string of the molecule is COc1ccc2ncc(Cl)c([C@H](O)CCC3(C(=O)O)CCN(CC#Cc4ccccn4)CC3)c2c1. The fourth-order valence-corrected chi connectivity index (χ4v) is 4.86. The number of carboxylic acid groups (broad SMARTS) is 1. The molecular formula is C27H28ClN3O4. The summed E-state index contributed by atoms with van der Waals surface area (Å²) >= 11 is 6.42. The molecule has 0 saturated carbocycles. The average Bonchev–Trinajstić information content (AvgIpc) is 2.88. The number of hydrogen-bond acceptors (Lipinski definition) is 6. The highest BCUT2D eigenvalue weighted by Gasteiger charge is 2.41. The van der Waals surface area contributed by atoms with Gasteiger partial charge in [0.15, 0.2) is 0 Å². The number of rotatable bonds is 7. The Bertz CT molecular complexity index is 1250. The second-order valence-corrected chi connectivity index (χ2v) is 9.24. The highest BCUT2D eigenvalue weighted by Crippen LogP contribution is 2.41. The molecule has 182 valence electrons. The molecule has 0 bridgehead atoms. The number of fused-ring (bicyclic) bond motifs is 1. The Hall–Kier alpha value is -3.18. The van der Waals surface area contributed by atoms with Gasteiger partial charge in [-0.1, -0.05) is 23.6 Å². The van der Waals surface area contributed by atoms with Gasteiger partial charge in [0.2, 0.25) is 0 Å². The molecule has 1 aliphatic heterocycles. The van der Waals surface area contributed by atoms with E-state index in [2.05, 4.69) is 26.7 Å². The Morgan fingerprint density at radius 3 is 2.74 bits per heavy atom. The summed E-state index contributed by atoms with van der Waals surface area (Å²) < 4.78 is 5.31. The number of benzene rings is 1. The number of carboxylic acids is 1. The summed E-state index contributed by atoms with van der Waals surface area (Å²) in [7, 11) is 1.57. The smallest absolute Gasteiger partial charge is 0.309 e. The van der Waals surface area contributed by atoms with Crippen molar-refractivity contribution in [2.24, 2.45) is 5.41 Å². The zero-order chi connectivity index (χ0) is 24.8. The molecule has 2 aromatic heterocycles. The molecular weight excluding hydrogens is 466 g/mol. The van der Waals surface area contributed by atoms with Crippen LogP contribution in [0.3, 0.4) is 0 Å². The first-order valence-electron chi connectivity index (χ1n) is 11.6. The van der Waals surface area contributed by atoms with Gasteiger partial charge in [0.1, 0.15) is 11.4 Å². The zero-order valence-electron chi connectivity index (χ0n) is 19.6. The topological polar surface area (TPSA) is 95.8 Å². The van der Waals surface area contributed by atoms with E-state index < -0.39 is 17.5 Å². The number of hydrogen-bond donors (Lipinski definition) is 2. The summed E-state index contributed by atoms with van der Waals surface area (Å²) in [4.78, 5) is 23.0. The number of ether oxygens (including phenoxy) is 1. The molecule has 7 nitrogen and oxygen atoms in total. The Kier molecular flexibility index (Phi) is 7.86. The molecule has 0 radical (unpaired) electrons. The summed E-state index contributed by atoms with van der Waals surface area (Å²) in [5, 5.41) is 22.2. The summed E-state index contributed by atoms with van der Waals surface area (Å²) in [5.41, 5.74) is 1.08. The predicted molar refractivity (Wildman–Crippen MR) is 134 cm³/mol. The highest BCUT2D eigenvalue weighted by molar-refractivity contribution is 6.32. The number of aromatic nitrogens is 2. The van der Waals surface area contributed by atoms with E-state index in [1.54, 1.807) is 25.4 Å². The lowest BCUT2D eigenvalue weighted by molar-refractivity contribution is -0.153. The Morgan fingerprint density at radius 2 is 2.06 bits per heavy atom. The lowest BCUT2D eigenvalue weighted by Gasteiger charge is -2.38. The Balaban J connectivity index is 1.42. The van der Waals surface area contributed by atoms with E-state index in [0.29, 0.717) is 66.1 Å². The number of nitrogens with zero attached hydrogens (tertiary/aromatic N) is 3. The van der Waals surface area contributed by atoms with Crippen LogP contribution in [0.2, 0.25) is 5.02 Å². The van der Waals surface area contributed by atoms with Crippen molar-refractivity contribution in [1.82, 2.24) is 14.9 Å². The fourth-order valence-electron chi connectivity index (χ4n) is 4.58. The summed E-state index contributed by atoms with van der Waals surface area (Å²) in [6.07, 6.45) is 3.94. The van der Waals surface area contributed by atoms with Gasteiger partial charge in [-0.25, -0.2) is 4.98 Å². The monoisotopic (exact) mass is 493 g/mol. The highest BCUT2D eigenvalue weighted by atomic mass is 35.5. The van der Waals surface area contributed by atoms with Crippen molar-refractivity contribution in [3.05, 3.63) is 65.1 Å². The number of aliphatic hydroxyl groups excluding tert-OH is 1. The molecule has 0 aliphatic carbocycles. The van der Waals surface area contributed by atoms with Gasteiger partial charge in [0, 0.05) is 36.4 Å². The van der Waals surface area contributed by atoms with Gasteiger partial charge in [-0.15, -0.1) is 0 Å². The van der Waals surface area contributed by atoms with Crippen molar-refractivity contribution < 1.29 is 19.7 Å². The lowest BCUT2D eigenvalue weighted by Crippen LogP contribution is -2.44. The number of likely N-dealkylation sites (tertiary alicyclic amines) is 1. The van der Waals surface area contributed by atoms with Crippen molar-refractivity contribution in [3.63, 3.8) is 0 Å². The molecule has 0 amide bonds. The minimum Gasteiger partial charge on any atom is -0.497 e. The van der Waals surface area contributed by atoms with Crippen LogP contribution in [0.25, 0.3) is 10.9 Å². The first-order chi connectivity index (χ1) is 16.9. The van der Waals surface area contributed by atoms with Crippen LogP contribution in [-0.4, -0.2) is 57.8 Å². The van der Waals surface area contributed by atoms with Gasteiger partial charge < -0.3 is 14.9 Å². The number of carbonyl (C=O) groups is 1. The molecule has 3 aromatic rings. The number of aliphatic hydroxyl groups is 1. The fraction of sp³-hybridized carbons (Fsp3) is 0.370. The van der Waals surface area contributed by atoms with E-state index in [1.165, 1.54) is 6.20 Å². The lowest BCUT2D eigenvalue weighted by atomic mass is 9.74. The van der Waals surface area contributed by atoms with Crippen LogP contribution in [0.15, 0.2) is 48.8 Å². The molecule has 1 saturated heterocycles. The third-order valence-electron chi connectivity index (χ3n) is 6.75. The van der Waals surface area contributed by atoms with Gasteiger partial charge in [-0.05, 0) is 61.9 Å². The normalized spacial score (nSPS) is 16.3. The van der Waals surface area contributed by atoms with Crippen molar-refractivity contribution in [1.29, 1.82) is 0 Å². The third kappa shape index (κ3) is 5.73. The molecule has 2 N–H and O–H groups in total. The van der Waals surface area contributed by atoms with Crippen LogP contribution in [0, 0.1) is 17.3 Å². The van der Waals surface area contributed by atoms with Crippen LogP contribution in [-0.2, 0) is 4.79 Å². The molecule has 1 aliphatic rings. The van der Waals surface area contributed by atoms with E-state index in [0.717, 1.165) is 5.69 Å². The zero-order valence-corrected chi connectivity index (χ0v) is 20.3. The minimum atomic E-state index is -0.918. The van der Waals surface area contributed by atoms with E-state index in [1.807, 2.05) is 24.3 Å². The van der Waals surface area contributed by atoms with Crippen LogP contribution in [0.1, 0.15) is 43.0 Å². The molecule has 3 heterocycles. The molecule has 1 fully saturated rings. The largest absolute Gasteiger partial charge is 0.497 e. The van der Waals surface area contributed by atoms with E-state index in [4.69, 9.17) is 16.3 Å². The number of aliphatic carboxylic acids is 1. The third-order valence-corrected chi connectivity index (χ3v) is 7.05. The standard InChI is InChI=1S/C27H28ClN3O4/c1-35-20-7-8-23-21(17-20)25(22(28)18-30-23)24(32)9-10-27(26(33)34)11-15-31(16-12-27)14-4-6-19-5-2-3-13-29-19/h2-3,5,7-8,13,17-18,24,32H,9-12,14-16H2,1H3,(H,33,34)/t24-/m1/s1. The van der Waals surface area contributed by atoms with Gasteiger partial charge in [0.25, 0.3) is 0 Å². The Labute approximate surface area is 209 Å². The molecule has 1 atom stereocenters. The Morgan fingerprint density at radius 1 is 1.26 bits per heavy atom. The number of halogens is 1. The maximum absolute atomic E-state index is 12.3. The molecule has 35 heavy (non-hydrogen) atoms. The summed E-state index contributed by atoms with van der Waals surface area (Å²) in [6, 6.07) is 11.0. The first-order valence-corrected chi connectivity index (χ1v) is 12.0. The summed E-state index contributed by atoms with van der Waals surface area (Å²) in [5.74, 6) is 5.98. The van der Waals surface area contributed by atoms with Gasteiger partial charge in [0.05, 0.1) is 35.7 Å². The number of piperidine rings is 1. The molecule has 0 unspecified atom stereocenters. The quantitative estimate of drug-likeness (QED) is 0.473. The molecule has 8 heteroatoms. The summed E-state index contributed by atoms with van der Waals surface area (Å²) in [6.45, 7) is 1.83. The number of methoxy groups -OCH3 is 1. The average molecular weight is 494 g/mol. The maximum Gasteiger partial charge on any atom is 0.309 e. The minimum absolute atomic E-state index is 0.280. The molecule has 0 spiro atoms. The predicted octanol–water partition coefficient (Wildman–Crippen LogP) is 4.32. The van der Waals surface area contributed by atoms with Gasteiger partial charge >= 0.3 is 5.97 Å². The van der Waals surface area contributed by atoms with Crippen LogP contribution < -0.4 is 4.74 Å². The van der Waals surface area contributed by atoms with Crippen molar-refractivity contribution in [2.45, 2.75) is 31.8 Å². The molecule has 4 rings (SSSR count). The van der Waals surface area contributed by atoms with E-state index in [9.17, 15) is 15.0 Å². The van der Waals surface area contributed by atoms with Crippen molar-refractivity contribution in [2.75, 3.05) is 26.7 Å². The van der Waals surface area contributed by atoms with Crippen molar-refractivity contribution in [3.8, 4) is 17.6 Å². The maximum atomic E-state index is 12.3. The first kappa shape index (κ1) is 24.9. The van der Waals surface area contributed by atoms with E-state index in [-0.39, 0.29) is 6.42 Å². The van der Waals surface area contributed by atoms with E-state index >= 15 is 0 Å². The second kappa shape index (κ2) is 11.0. The van der Waals surface area contributed by atoms with Crippen LogP contribution in [0.4, 0.5) is 0 Å².